The Kier molecular flexibility index (Phi) is 5.25. The van der Waals surface area contributed by atoms with Crippen LogP contribution in [0.1, 0.15) is 5.56 Å². The van der Waals surface area contributed by atoms with E-state index in [1.54, 1.807) is 0 Å². The van der Waals surface area contributed by atoms with Gasteiger partial charge in [-0.3, -0.25) is 0 Å². The van der Waals surface area contributed by atoms with Crippen molar-refractivity contribution in [2.75, 3.05) is 4.72 Å². The van der Waals surface area contributed by atoms with E-state index in [0.29, 0.717) is 0 Å². The first-order chi connectivity index (χ1) is 7.22. The van der Waals surface area contributed by atoms with Crippen LogP contribution in [0.15, 0.2) is 24.3 Å². The molecule has 1 N–H and O–H groups in total. The predicted octanol–water partition coefficient (Wildman–Crippen LogP) is 5.56. The zero-order chi connectivity index (χ0) is 12.4. The van der Waals surface area contributed by atoms with Gasteiger partial charge < -0.3 is 4.72 Å². The first-order valence-electron chi connectivity index (χ1n) is 4.17. The van der Waals surface area contributed by atoms with E-state index < -0.39 is 7.46 Å². The van der Waals surface area contributed by atoms with Crippen molar-refractivity contribution in [1.82, 2.24) is 0 Å². The minimum Gasteiger partial charge on any atom is -0.327 e. The molecule has 7 heteroatoms. The number of benzene rings is 1. The molecule has 1 aromatic carbocycles. The second-order valence-electron chi connectivity index (χ2n) is 3.08. The van der Waals surface area contributed by atoms with Gasteiger partial charge in [-0.25, -0.2) is 0 Å². The maximum Gasteiger partial charge on any atom is 0.234 e. The maximum absolute atomic E-state index is 5.86. The molecule has 0 amide bonds. The molecule has 0 unspecified atom stereocenters. The van der Waals surface area contributed by atoms with Crippen molar-refractivity contribution in [3.05, 3.63) is 29.8 Å². The van der Waals surface area contributed by atoms with E-state index >= 15 is 0 Å². The maximum atomic E-state index is 5.86. The standard InChI is InChI=1S/C9H8Cl5NS/c1-6-2-4-7(5-3-6)15-16-9(13,14)8(10,11)12/h2-5,15H,1H3. The highest BCUT2D eigenvalue weighted by Crippen LogP contribution is 2.52. The van der Waals surface area contributed by atoms with Crippen molar-refractivity contribution in [3.63, 3.8) is 0 Å². The average Bonchev–Trinajstić information content (AvgIpc) is 2.15. The van der Waals surface area contributed by atoms with E-state index in [4.69, 9.17) is 58.0 Å². The molecule has 0 heterocycles. The van der Waals surface area contributed by atoms with Crippen molar-refractivity contribution in [3.8, 4) is 0 Å². The van der Waals surface area contributed by atoms with Crippen molar-refractivity contribution in [1.29, 1.82) is 0 Å². The van der Waals surface area contributed by atoms with Gasteiger partial charge in [0.2, 0.25) is 7.46 Å². The van der Waals surface area contributed by atoms with Gasteiger partial charge in [0, 0.05) is 5.69 Å². The Hall–Kier alpha value is 0.820. The summed E-state index contributed by atoms with van der Waals surface area (Å²) in [5.74, 6) is 0. The van der Waals surface area contributed by atoms with E-state index in [-0.39, 0.29) is 0 Å². The molecule has 16 heavy (non-hydrogen) atoms. The molecule has 0 radical (unpaired) electrons. The largest absolute Gasteiger partial charge is 0.327 e. The summed E-state index contributed by atoms with van der Waals surface area (Å²) in [6.45, 7) is 1.99. The zero-order valence-electron chi connectivity index (χ0n) is 8.11. The lowest BCUT2D eigenvalue weighted by Gasteiger charge is -2.26. The Morgan fingerprint density at radius 1 is 1.00 bits per heavy atom. The molecule has 0 aromatic heterocycles. The van der Waals surface area contributed by atoms with Crippen LogP contribution >= 0.6 is 70.0 Å². The summed E-state index contributed by atoms with van der Waals surface area (Å²) in [4.78, 5) is 0. The van der Waals surface area contributed by atoms with Crippen LogP contribution in [0.5, 0.6) is 0 Å². The van der Waals surface area contributed by atoms with E-state index in [9.17, 15) is 0 Å². The Morgan fingerprint density at radius 2 is 1.50 bits per heavy atom. The van der Waals surface area contributed by atoms with Crippen molar-refractivity contribution in [2.24, 2.45) is 0 Å². The Balaban J connectivity index is 2.61. The molecule has 0 fully saturated rings. The molecule has 0 aliphatic rings. The van der Waals surface area contributed by atoms with Crippen LogP contribution in [-0.2, 0) is 0 Å². The molecule has 90 valence electrons. The highest BCUT2D eigenvalue weighted by molar-refractivity contribution is 8.04. The van der Waals surface area contributed by atoms with Gasteiger partial charge in [0.15, 0.2) is 0 Å². The Bertz CT molecular complexity index is 346. The third kappa shape index (κ3) is 4.25. The van der Waals surface area contributed by atoms with Crippen LogP contribution in [0, 0.1) is 6.92 Å². The van der Waals surface area contributed by atoms with Crippen LogP contribution in [0.4, 0.5) is 5.69 Å². The number of aryl methyl sites for hydroxylation is 1. The molecule has 0 atom stereocenters. The van der Waals surface area contributed by atoms with Crippen molar-refractivity contribution >= 4 is 75.6 Å². The van der Waals surface area contributed by atoms with Crippen molar-refractivity contribution in [2.45, 2.75) is 14.4 Å². The predicted molar refractivity (Wildman–Crippen MR) is 77.1 cm³/mol. The van der Waals surface area contributed by atoms with Gasteiger partial charge in [0.25, 0.3) is 0 Å². The van der Waals surface area contributed by atoms with Gasteiger partial charge in [-0.1, -0.05) is 75.7 Å². The van der Waals surface area contributed by atoms with E-state index in [1.807, 2.05) is 31.2 Å². The Morgan fingerprint density at radius 3 is 1.94 bits per heavy atom. The molecule has 1 rings (SSSR count). The van der Waals surface area contributed by atoms with E-state index in [0.717, 1.165) is 23.2 Å². The van der Waals surface area contributed by atoms with E-state index in [2.05, 4.69) is 4.72 Å². The Labute approximate surface area is 124 Å². The molecule has 0 saturated heterocycles. The first kappa shape index (κ1) is 14.9. The lowest BCUT2D eigenvalue weighted by atomic mass is 10.2. The van der Waals surface area contributed by atoms with Crippen LogP contribution in [0.2, 0.25) is 0 Å². The number of hydrogen-bond donors (Lipinski definition) is 1. The summed E-state index contributed by atoms with van der Waals surface area (Å²) in [5.41, 5.74) is 1.98. The third-order valence-corrected chi connectivity index (χ3v) is 5.38. The lowest BCUT2D eigenvalue weighted by Crippen LogP contribution is -2.28. The van der Waals surface area contributed by atoms with Gasteiger partial charge in [-0.15, -0.1) is 0 Å². The van der Waals surface area contributed by atoms with Gasteiger partial charge in [-0.05, 0) is 31.0 Å². The van der Waals surface area contributed by atoms with Gasteiger partial charge >= 0.3 is 0 Å². The third-order valence-electron chi connectivity index (χ3n) is 1.68. The van der Waals surface area contributed by atoms with Crippen LogP contribution in [0.25, 0.3) is 0 Å². The quantitative estimate of drug-likeness (QED) is 0.572. The SMILES string of the molecule is Cc1ccc(NSC(Cl)(Cl)C(Cl)(Cl)Cl)cc1. The minimum absolute atomic E-state index is 0.829. The van der Waals surface area contributed by atoms with Gasteiger partial charge in [0.1, 0.15) is 0 Å². The summed E-state index contributed by atoms with van der Waals surface area (Å²) in [5, 5.41) is 0. The second-order valence-corrected chi connectivity index (χ2v) is 8.16. The summed E-state index contributed by atoms with van der Waals surface area (Å²) < 4.78 is -0.428. The molecule has 1 nitrogen and oxygen atoms in total. The topological polar surface area (TPSA) is 12.0 Å². The van der Waals surface area contributed by atoms with Gasteiger partial charge in [-0.2, -0.15) is 0 Å². The number of alkyl halides is 5. The second kappa shape index (κ2) is 5.64. The average molecular weight is 340 g/mol. The molecule has 0 aliphatic carbocycles. The highest BCUT2D eigenvalue weighted by atomic mass is 35.6. The number of nitrogens with one attached hydrogen (secondary N) is 1. The molecular formula is C9H8Cl5NS. The van der Waals surface area contributed by atoms with Crippen LogP contribution < -0.4 is 4.72 Å². The molecule has 0 saturated carbocycles. The number of rotatable bonds is 3. The van der Waals surface area contributed by atoms with E-state index in [1.165, 1.54) is 0 Å². The van der Waals surface area contributed by atoms with Crippen LogP contribution in [-0.4, -0.2) is 7.46 Å². The summed E-state index contributed by atoms with van der Waals surface area (Å²) >= 11 is 29.5. The first-order valence-corrected chi connectivity index (χ1v) is 6.88. The zero-order valence-corrected chi connectivity index (χ0v) is 12.7. The fourth-order valence-electron chi connectivity index (χ4n) is 0.802. The smallest absolute Gasteiger partial charge is 0.234 e. The molecule has 1 aromatic rings. The molecule has 0 aliphatic heterocycles. The highest BCUT2D eigenvalue weighted by Gasteiger charge is 2.47. The van der Waals surface area contributed by atoms with Gasteiger partial charge in [0.05, 0.1) is 0 Å². The molecular weight excluding hydrogens is 331 g/mol. The normalized spacial score (nSPS) is 12.6. The number of anilines is 1. The fourth-order valence-corrected chi connectivity index (χ4v) is 1.88. The summed E-state index contributed by atoms with van der Waals surface area (Å²) in [6, 6.07) is 7.65. The summed E-state index contributed by atoms with van der Waals surface area (Å²) in [7, 11) is 0. The lowest BCUT2D eigenvalue weighted by molar-refractivity contribution is 1.12. The minimum atomic E-state index is -1.78. The molecule has 0 bridgehead atoms. The fraction of sp³-hybridized carbons (Fsp3) is 0.333. The number of halogens is 5. The number of hydrogen-bond acceptors (Lipinski definition) is 2. The van der Waals surface area contributed by atoms with Crippen LogP contribution in [0.3, 0.4) is 0 Å². The summed E-state index contributed by atoms with van der Waals surface area (Å²) in [6.07, 6.45) is 0. The van der Waals surface area contributed by atoms with Crippen molar-refractivity contribution < 1.29 is 0 Å². The molecule has 0 spiro atoms. The monoisotopic (exact) mass is 337 g/mol.